The van der Waals surface area contributed by atoms with Gasteiger partial charge in [0.1, 0.15) is 5.82 Å². The minimum Gasteiger partial charge on any atom is -0.383 e. The molecule has 1 aliphatic rings. The Morgan fingerprint density at radius 1 is 1.38 bits per heavy atom. The van der Waals surface area contributed by atoms with Crippen molar-refractivity contribution in [3.05, 3.63) is 47.5 Å². The lowest BCUT2D eigenvalue weighted by atomic mass is 10.1. The molecule has 1 saturated carbocycles. The van der Waals surface area contributed by atoms with E-state index in [1.165, 1.54) is 18.9 Å². The first-order valence-electron chi connectivity index (χ1n) is 7.32. The van der Waals surface area contributed by atoms with Crippen LogP contribution in [0, 0.1) is 5.82 Å². The van der Waals surface area contributed by atoms with Gasteiger partial charge in [-0.3, -0.25) is 0 Å². The van der Waals surface area contributed by atoms with Gasteiger partial charge in [0.2, 0.25) is 0 Å². The molecule has 0 radical (unpaired) electrons. The van der Waals surface area contributed by atoms with Gasteiger partial charge >= 0.3 is 0 Å². The number of halogens is 1. The first-order valence-corrected chi connectivity index (χ1v) is 7.32. The van der Waals surface area contributed by atoms with Crippen LogP contribution in [0.4, 0.5) is 4.39 Å². The molecule has 0 saturated heterocycles. The van der Waals surface area contributed by atoms with Gasteiger partial charge in [-0.2, -0.15) is 5.10 Å². The number of hydrogen-bond donors (Lipinski definition) is 1. The first-order chi connectivity index (χ1) is 10.3. The smallest absolute Gasteiger partial charge is 0.123 e. The number of rotatable bonds is 7. The summed E-state index contributed by atoms with van der Waals surface area (Å²) in [6.45, 7) is 1.96. The number of ether oxygens (including phenoxy) is 1. The molecule has 4 nitrogen and oxygen atoms in total. The van der Waals surface area contributed by atoms with E-state index in [0.717, 1.165) is 23.5 Å². The van der Waals surface area contributed by atoms with E-state index in [0.29, 0.717) is 19.1 Å². The number of nitrogens with zero attached hydrogens (tertiary/aromatic N) is 2. The molecule has 0 atom stereocenters. The largest absolute Gasteiger partial charge is 0.383 e. The lowest BCUT2D eigenvalue weighted by Crippen LogP contribution is -2.19. The summed E-state index contributed by atoms with van der Waals surface area (Å²) in [5.74, 6) is 0.395. The third-order valence-electron chi connectivity index (χ3n) is 3.69. The monoisotopic (exact) mass is 289 g/mol. The van der Waals surface area contributed by atoms with Gasteiger partial charge in [-0.15, -0.1) is 0 Å². The van der Waals surface area contributed by atoms with Crippen molar-refractivity contribution in [2.45, 2.75) is 25.3 Å². The number of hydrogen-bond acceptors (Lipinski definition) is 3. The van der Waals surface area contributed by atoms with Gasteiger partial charge in [0.15, 0.2) is 0 Å². The van der Waals surface area contributed by atoms with Crippen LogP contribution in [0.1, 0.15) is 30.0 Å². The molecule has 1 aromatic carbocycles. The van der Waals surface area contributed by atoms with Crippen molar-refractivity contribution >= 4 is 0 Å². The highest BCUT2D eigenvalue weighted by Crippen LogP contribution is 2.39. The maximum absolute atomic E-state index is 13.5. The first kappa shape index (κ1) is 14.2. The van der Waals surface area contributed by atoms with Crippen LogP contribution in [-0.2, 0) is 11.3 Å². The number of nitrogens with one attached hydrogen (secondary N) is 1. The quantitative estimate of drug-likeness (QED) is 0.796. The fourth-order valence-corrected chi connectivity index (χ4v) is 2.39. The van der Waals surface area contributed by atoms with E-state index in [-0.39, 0.29) is 5.82 Å². The second-order valence-corrected chi connectivity index (χ2v) is 5.40. The van der Waals surface area contributed by atoms with Crippen molar-refractivity contribution < 1.29 is 9.13 Å². The molecule has 1 fully saturated rings. The topological polar surface area (TPSA) is 39.1 Å². The van der Waals surface area contributed by atoms with Gasteiger partial charge in [0, 0.05) is 32.3 Å². The summed E-state index contributed by atoms with van der Waals surface area (Å²) in [6.07, 6.45) is 4.41. The van der Waals surface area contributed by atoms with Crippen LogP contribution in [0.3, 0.4) is 0 Å². The van der Waals surface area contributed by atoms with Crippen molar-refractivity contribution in [3.63, 3.8) is 0 Å². The maximum Gasteiger partial charge on any atom is 0.123 e. The molecule has 0 spiro atoms. The summed E-state index contributed by atoms with van der Waals surface area (Å²) in [5.41, 5.74) is 2.96. The van der Waals surface area contributed by atoms with Crippen molar-refractivity contribution in [3.8, 4) is 5.69 Å². The Labute approximate surface area is 123 Å². The van der Waals surface area contributed by atoms with Gasteiger partial charge < -0.3 is 10.1 Å². The molecule has 112 valence electrons. The molecule has 0 bridgehead atoms. The second kappa shape index (κ2) is 6.37. The Morgan fingerprint density at radius 2 is 2.24 bits per heavy atom. The van der Waals surface area contributed by atoms with E-state index < -0.39 is 0 Å². The lowest BCUT2D eigenvalue weighted by molar-refractivity contribution is 0.199. The molecule has 5 heteroatoms. The fraction of sp³-hybridized carbons (Fsp3) is 0.438. The van der Waals surface area contributed by atoms with Gasteiger partial charge in [0.25, 0.3) is 0 Å². The van der Waals surface area contributed by atoms with Gasteiger partial charge in [0.05, 0.1) is 18.0 Å². The normalized spacial score (nSPS) is 14.6. The SMILES string of the molecule is COCCNCc1cc(F)ccc1-n1ccc(C2CC2)n1. The van der Waals surface area contributed by atoms with Crippen LogP contribution in [0.2, 0.25) is 0 Å². The van der Waals surface area contributed by atoms with E-state index in [9.17, 15) is 4.39 Å². The fourth-order valence-electron chi connectivity index (χ4n) is 2.39. The van der Waals surface area contributed by atoms with E-state index in [2.05, 4.69) is 16.5 Å². The van der Waals surface area contributed by atoms with Crippen LogP contribution < -0.4 is 5.32 Å². The van der Waals surface area contributed by atoms with E-state index >= 15 is 0 Å². The Bertz CT molecular complexity index is 607. The highest BCUT2D eigenvalue weighted by molar-refractivity contribution is 5.41. The van der Waals surface area contributed by atoms with E-state index in [4.69, 9.17) is 4.74 Å². The van der Waals surface area contributed by atoms with Crippen molar-refractivity contribution in [2.24, 2.45) is 0 Å². The lowest BCUT2D eigenvalue weighted by Gasteiger charge is -2.11. The molecular weight excluding hydrogens is 269 g/mol. The van der Waals surface area contributed by atoms with Gasteiger partial charge in [-0.1, -0.05) is 0 Å². The summed E-state index contributed by atoms with van der Waals surface area (Å²) < 4.78 is 20.3. The average Bonchev–Trinajstić information content (AvgIpc) is 3.22. The van der Waals surface area contributed by atoms with Crippen molar-refractivity contribution in [1.82, 2.24) is 15.1 Å². The zero-order valence-electron chi connectivity index (χ0n) is 12.2. The number of aromatic nitrogens is 2. The average molecular weight is 289 g/mol. The highest BCUT2D eigenvalue weighted by Gasteiger charge is 2.26. The highest BCUT2D eigenvalue weighted by atomic mass is 19.1. The molecule has 0 amide bonds. The van der Waals surface area contributed by atoms with Crippen LogP contribution in [0.5, 0.6) is 0 Å². The van der Waals surface area contributed by atoms with E-state index in [1.807, 2.05) is 10.9 Å². The van der Waals surface area contributed by atoms with Crippen LogP contribution in [0.15, 0.2) is 30.5 Å². The Kier molecular flexibility index (Phi) is 4.31. The summed E-state index contributed by atoms with van der Waals surface area (Å²) in [6, 6.07) is 6.88. The molecule has 3 rings (SSSR count). The Hall–Kier alpha value is -1.72. The summed E-state index contributed by atoms with van der Waals surface area (Å²) in [5, 5.41) is 7.87. The van der Waals surface area contributed by atoms with Crippen molar-refractivity contribution in [1.29, 1.82) is 0 Å². The van der Waals surface area contributed by atoms with Gasteiger partial charge in [-0.25, -0.2) is 9.07 Å². The second-order valence-electron chi connectivity index (χ2n) is 5.40. The summed E-state index contributed by atoms with van der Waals surface area (Å²) >= 11 is 0. The predicted octanol–water partition coefficient (Wildman–Crippen LogP) is 2.62. The third kappa shape index (κ3) is 3.49. The molecule has 1 aliphatic carbocycles. The van der Waals surface area contributed by atoms with Crippen molar-refractivity contribution in [2.75, 3.05) is 20.3 Å². The molecular formula is C16H20FN3O. The molecule has 0 aliphatic heterocycles. The Balaban J connectivity index is 1.78. The minimum absolute atomic E-state index is 0.225. The van der Waals surface area contributed by atoms with Crippen LogP contribution >= 0.6 is 0 Å². The number of methoxy groups -OCH3 is 1. The molecule has 0 unspecified atom stereocenters. The zero-order chi connectivity index (χ0) is 14.7. The predicted molar refractivity (Wildman–Crippen MR) is 79.1 cm³/mol. The van der Waals surface area contributed by atoms with Crippen LogP contribution in [0.25, 0.3) is 5.69 Å². The van der Waals surface area contributed by atoms with E-state index in [1.54, 1.807) is 19.2 Å². The maximum atomic E-state index is 13.5. The summed E-state index contributed by atoms with van der Waals surface area (Å²) in [4.78, 5) is 0. The number of benzene rings is 1. The van der Waals surface area contributed by atoms with Crippen LogP contribution in [-0.4, -0.2) is 30.0 Å². The molecule has 2 aromatic rings. The standard InChI is InChI=1S/C16H20FN3O/c1-21-9-7-18-11-13-10-14(17)4-5-16(13)20-8-6-15(19-20)12-2-3-12/h4-6,8,10,12,18H,2-3,7,9,11H2,1H3. The Morgan fingerprint density at radius 3 is 3.00 bits per heavy atom. The summed E-state index contributed by atoms with van der Waals surface area (Å²) in [7, 11) is 1.67. The molecule has 1 heterocycles. The minimum atomic E-state index is -0.225. The van der Waals surface area contributed by atoms with Gasteiger partial charge in [-0.05, 0) is 42.7 Å². The molecule has 1 N–H and O–H groups in total. The molecule has 1 aromatic heterocycles. The zero-order valence-corrected chi connectivity index (χ0v) is 12.2. The molecule has 21 heavy (non-hydrogen) atoms. The third-order valence-corrected chi connectivity index (χ3v) is 3.69.